The second-order valence-corrected chi connectivity index (χ2v) is 3.63. The van der Waals surface area contributed by atoms with Crippen LogP contribution in [-0.2, 0) is 0 Å². The zero-order valence-corrected chi connectivity index (χ0v) is 8.71. The Hall–Kier alpha value is -0.490. The number of nitrogens with two attached hydrogens (primary N) is 1. The number of benzene rings is 1. The van der Waals surface area contributed by atoms with Crippen molar-refractivity contribution in [3.8, 4) is 0 Å². The van der Waals surface area contributed by atoms with E-state index in [0.717, 1.165) is 14.9 Å². The first-order valence-corrected chi connectivity index (χ1v) is 4.71. The molecule has 0 aliphatic carbocycles. The maximum Gasteiger partial charge on any atom is 0.0604 e. The van der Waals surface area contributed by atoms with Crippen LogP contribution in [0.25, 0.3) is 0 Å². The highest BCUT2D eigenvalue weighted by atomic mass is 127. The summed E-state index contributed by atoms with van der Waals surface area (Å²) in [5, 5.41) is 11.6. The predicted molar refractivity (Wildman–Crippen MR) is 59.1 cm³/mol. The number of aliphatic hydroxyl groups is 1. The Balaban J connectivity index is 2.72. The van der Waals surface area contributed by atoms with Crippen molar-refractivity contribution in [3.05, 3.63) is 21.8 Å². The van der Waals surface area contributed by atoms with Crippen molar-refractivity contribution >= 4 is 34.0 Å². The van der Waals surface area contributed by atoms with E-state index < -0.39 is 0 Å². The lowest BCUT2D eigenvalue weighted by Gasteiger charge is -2.07. The summed E-state index contributed by atoms with van der Waals surface area (Å²) in [5.74, 6) is 0. The second-order valence-electron chi connectivity index (χ2n) is 2.38. The standard InChI is InChI=1S/C8H11IN2O/c9-6-1-2-8(7(10)5-6)11-3-4-12/h1-2,5,11-12H,3-4,10H2. The third kappa shape index (κ3) is 2.53. The van der Waals surface area contributed by atoms with Crippen molar-refractivity contribution in [1.82, 2.24) is 0 Å². The lowest BCUT2D eigenvalue weighted by Crippen LogP contribution is -2.07. The molecule has 0 saturated carbocycles. The van der Waals surface area contributed by atoms with Crippen LogP contribution in [0.4, 0.5) is 11.4 Å². The summed E-state index contributed by atoms with van der Waals surface area (Å²) >= 11 is 2.20. The van der Waals surface area contributed by atoms with Gasteiger partial charge in [0, 0.05) is 10.1 Å². The smallest absolute Gasteiger partial charge is 0.0604 e. The molecule has 12 heavy (non-hydrogen) atoms. The topological polar surface area (TPSA) is 58.3 Å². The number of hydrogen-bond donors (Lipinski definition) is 3. The molecule has 1 rings (SSSR count). The SMILES string of the molecule is Nc1cc(I)ccc1NCCO. The van der Waals surface area contributed by atoms with E-state index in [-0.39, 0.29) is 6.61 Å². The van der Waals surface area contributed by atoms with Gasteiger partial charge in [-0.25, -0.2) is 0 Å². The van der Waals surface area contributed by atoms with Crippen LogP contribution in [0.3, 0.4) is 0 Å². The Labute approximate surface area is 85.1 Å². The number of aliphatic hydroxyl groups excluding tert-OH is 1. The van der Waals surface area contributed by atoms with Gasteiger partial charge >= 0.3 is 0 Å². The molecule has 0 atom stereocenters. The third-order valence-electron chi connectivity index (χ3n) is 1.44. The third-order valence-corrected chi connectivity index (χ3v) is 2.11. The number of nitrogen functional groups attached to an aromatic ring is 1. The highest BCUT2D eigenvalue weighted by Crippen LogP contribution is 2.20. The quantitative estimate of drug-likeness (QED) is 0.576. The minimum absolute atomic E-state index is 0.116. The molecule has 0 bridgehead atoms. The first kappa shape index (κ1) is 9.60. The van der Waals surface area contributed by atoms with Crippen molar-refractivity contribution in [3.63, 3.8) is 0 Å². The van der Waals surface area contributed by atoms with Crippen LogP contribution in [0, 0.1) is 3.57 Å². The van der Waals surface area contributed by atoms with Crippen molar-refractivity contribution in [2.24, 2.45) is 0 Å². The van der Waals surface area contributed by atoms with Crippen molar-refractivity contribution in [2.75, 3.05) is 24.2 Å². The molecule has 1 aromatic rings. The molecule has 0 heterocycles. The van der Waals surface area contributed by atoms with Gasteiger partial charge in [0.05, 0.1) is 18.0 Å². The molecule has 0 fully saturated rings. The van der Waals surface area contributed by atoms with Crippen LogP contribution in [0.15, 0.2) is 18.2 Å². The summed E-state index contributed by atoms with van der Waals surface area (Å²) in [6.07, 6.45) is 0. The van der Waals surface area contributed by atoms with E-state index in [0.29, 0.717) is 6.54 Å². The van der Waals surface area contributed by atoms with E-state index in [9.17, 15) is 0 Å². The van der Waals surface area contributed by atoms with E-state index in [1.54, 1.807) is 0 Å². The highest BCUT2D eigenvalue weighted by molar-refractivity contribution is 14.1. The molecule has 0 aromatic heterocycles. The van der Waals surface area contributed by atoms with Gasteiger partial charge in [0.2, 0.25) is 0 Å². The highest BCUT2D eigenvalue weighted by Gasteiger charge is 1.97. The van der Waals surface area contributed by atoms with Gasteiger partial charge in [-0.1, -0.05) is 0 Å². The summed E-state index contributed by atoms with van der Waals surface area (Å²) in [4.78, 5) is 0. The minimum Gasteiger partial charge on any atom is -0.397 e. The molecule has 0 radical (unpaired) electrons. The fourth-order valence-corrected chi connectivity index (χ4v) is 1.40. The average molecular weight is 278 g/mol. The fraction of sp³-hybridized carbons (Fsp3) is 0.250. The van der Waals surface area contributed by atoms with Gasteiger partial charge in [-0.3, -0.25) is 0 Å². The molecule has 3 nitrogen and oxygen atoms in total. The second kappa shape index (κ2) is 4.51. The van der Waals surface area contributed by atoms with E-state index in [1.807, 2.05) is 18.2 Å². The lowest BCUT2D eigenvalue weighted by atomic mass is 10.3. The van der Waals surface area contributed by atoms with E-state index in [4.69, 9.17) is 10.8 Å². The number of anilines is 2. The van der Waals surface area contributed by atoms with Gasteiger partial charge in [-0.15, -0.1) is 0 Å². The summed E-state index contributed by atoms with van der Waals surface area (Å²) in [6, 6.07) is 5.77. The fourth-order valence-electron chi connectivity index (χ4n) is 0.885. The van der Waals surface area contributed by atoms with Crippen LogP contribution in [0.1, 0.15) is 0 Å². The van der Waals surface area contributed by atoms with Crippen LogP contribution < -0.4 is 11.1 Å². The molecule has 4 heteroatoms. The first-order valence-electron chi connectivity index (χ1n) is 3.64. The molecular weight excluding hydrogens is 267 g/mol. The van der Waals surface area contributed by atoms with Crippen LogP contribution >= 0.6 is 22.6 Å². The lowest BCUT2D eigenvalue weighted by molar-refractivity contribution is 0.311. The molecular formula is C8H11IN2O. The molecule has 0 aliphatic rings. The number of nitrogens with one attached hydrogen (secondary N) is 1. The van der Waals surface area contributed by atoms with Crippen molar-refractivity contribution in [2.45, 2.75) is 0 Å². The summed E-state index contributed by atoms with van der Waals surface area (Å²) < 4.78 is 1.11. The minimum atomic E-state index is 0.116. The number of halogens is 1. The molecule has 0 saturated heterocycles. The normalized spacial score (nSPS) is 9.83. The van der Waals surface area contributed by atoms with Gasteiger partial charge in [0.25, 0.3) is 0 Å². The maximum atomic E-state index is 8.57. The molecule has 1 aromatic carbocycles. The van der Waals surface area contributed by atoms with Crippen molar-refractivity contribution < 1.29 is 5.11 Å². The van der Waals surface area contributed by atoms with E-state index in [2.05, 4.69) is 27.9 Å². The molecule has 0 aliphatic heterocycles. The average Bonchev–Trinajstić information content (AvgIpc) is 2.03. The monoisotopic (exact) mass is 278 g/mol. The van der Waals surface area contributed by atoms with E-state index in [1.165, 1.54) is 0 Å². The van der Waals surface area contributed by atoms with Gasteiger partial charge < -0.3 is 16.2 Å². The zero-order valence-electron chi connectivity index (χ0n) is 6.55. The van der Waals surface area contributed by atoms with Gasteiger partial charge in [0.15, 0.2) is 0 Å². The Morgan fingerprint density at radius 3 is 2.83 bits per heavy atom. The largest absolute Gasteiger partial charge is 0.397 e. The molecule has 0 spiro atoms. The Morgan fingerprint density at radius 1 is 1.50 bits per heavy atom. The first-order chi connectivity index (χ1) is 5.74. The summed E-state index contributed by atoms with van der Waals surface area (Å²) in [5.41, 5.74) is 7.31. The van der Waals surface area contributed by atoms with E-state index >= 15 is 0 Å². The van der Waals surface area contributed by atoms with Crippen LogP contribution in [0.2, 0.25) is 0 Å². The summed E-state index contributed by atoms with van der Waals surface area (Å²) in [6.45, 7) is 0.649. The number of rotatable bonds is 3. The Bertz CT molecular complexity index is 265. The van der Waals surface area contributed by atoms with Crippen LogP contribution in [0.5, 0.6) is 0 Å². The molecule has 4 N–H and O–H groups in total. The molecule has 0 unspecified atom stereocenters. The maximum absolute atomic E-state index is 8.57. The molecule has 66 valence electrons. The Morgan fingerprint density at radius 2 is 2.25 bits per heavy atom. The van der Waals surface area contributed by atoms with Gasteiger partial charge in [0.1, 0.15) is 0 Å². The zero-order chi connectivity index (χ0) is 8.97. The molecule has 0 amide bonds. The number of hydrogen-bond acceptors (Lipinski definition) is 3. The Kier molecular flexibility index (Phi) is 3.61. The van der Waals surface area contributed by atoms with Crippen molar-refractivity contribution in [1.29, 1.82) is 0 Å². The van der Waals surface area contributed by atoms with Gasteiger partial charge in [-0.2, -0.15) is 0 Å². The predicted octanol–water partition coefficient (Wildman–Crippen LogP) is 1.28. The van der Waals surface area contributed by atoms with Gasteiger partial charge in [-0.05, 0) is 40.8 Å². The summed E-state index contributed by atoms with van der Waals surface area (Å²) in [7, 11) is 0. The van der Waals surface area contributed by atoms with Crippen LogP contribution in [-0.4, -0.2) is 18.3 Å².